The molecule has 0 aliphatic rings. The Morgan fingerprint density at radius 2 is 2.14 bits per heavy atom. The highest BCUT2D eigenvalue weighted by molar-refractivity contribution is 9.10. The van der Waals surface area contributed by atoms with E-state index in [1.807, 2.05) is 22.9 Å². The van der Waals surface area contributed by atoms with Crippen LogP contribution in [0.4, 0.5) is 5.69 Å². The highest BCUT2D eigenvalue weighted by Gasteiger charge is 2.10. The zero-order valence-electron chi connectivity index (χ0n) is 8.16. The molecule has 74 valence electrons. The number of rotatable bonds is 1. The molecule has 0 aliphatic heterocycles. The molecule has 0 bridgehead atoms. The Kier molecular flexibility index (Phi) is 2.23. The molecular weight excluding hydrogens is 242 g/mol. The molecule has 14 heavy (non-hydrogen) atoms. The van der Waals surface area contributed by atoms with E-state index in [4.69, 9.17) is 5.73 Å². The monoisotopic (exact) mass is 253 g/mol. The number of nitrogens with zero attached hydrogens (tertiary/aromatic N) is 2. The fourth-order valence-corrected chi connectivity index (χ4v) is 2.00. The molecule has 0 atom stereocenters. The molecule has 1 heterocycles. The first kappa shape index (κ1) is 9.52. The summed E-state index contributed by atoms with van der Waals surface area (Å²) in [4.78, 5) is 0. The summed E-state index contributed by atoms with van der Waals surface area (Å²) < 4.78 is 2.84. The topological polar surface area (TPSA) is 43.8 Å². The molecule has 0 amide bonds. The maximum Gasteiger partial charge on any atom is 0.136 e. The van der Waals surface area contributed by atoms with Crippen LogP contribution in [0.25, 0.3) is 10.9 Å². The molecular formula is C10H12BrN3. The zero-order chi connectivity index (χ0) is 10.3. The van der Waals surface area contributed by atoms with Crippen LogP contribution < -0.4 is 5.73 Å². The van der Waals surface area contributed by atoms with Crippen molar-refractivity contribution < 1.29 is 0 Å². The van der Waals surface area contributed by atoms with E-state index in [1.54, 1.807) is 0 Å². The Balaban J connectivity index is 2.77. The van der Waals surface area contributed by atoms with Crippen LogP contribution in [0.5, 0.6) is 0 Å². The summed E-state index contributed by atoms with van der Waals surface area (Å²) in [6.07, 6.45) is 0. The first-order valence-electron chi connectivity index (χ1n) is 4.53. The standard InChI is InChI=1S/C10H12BrN3/c1-6(2)14-9-4-3-7(12)5-8(9)10(11)13-14/h3-6H,12H2,1-2H3. The van der Waals surface area contributed by atoms with Crippen LogP contribution in [-0.2, 0) is 0 Å². The normalized spacial score (nSPS) is 11.4. The number of anilines is 1. The number of hydrogen-bond donors (Lipinski definition) is 1. The van der Waals surface area contributed by atoms with Crippen LogP contribution in [0.2, 0.25) is 0 Å². The van der Waals surface area contributed by atoms with E-state index in [-0.39, 0.29) is 0 Å². The van der Waals surface area contributed by atoms with Crippen LogP contribution in [0.15, 0.2) is 22.8 Å². The maximum atomic E-state index is 5.72. The van der Waals surface area contributed by atoms with E-state index in [2.05, 4.69) is 34.9 Å². The lowest BCUT2D eigenvalue weighted by molar-refractivity contribution is 0.548. The molecule has 1 aromatic carbocycles. The van der Waals surface area contributed by atoms with Gasteiger partial charge in [-0.05, 0) is 48.0 Å². The molecule has 2 N–H and O–H groups in total. The number of nitrogen functional groups attached to an aromatic ring is 1. The van der Waals surface area contributed by atoms with E-state index in [1.165, 1.54) is 0 Å². The van der Waals surface area contributed by atoms with Crippen molar-refractivity contribution in [2.24, 2.45) is 0 Å². The number of fused-ring (bicyclic) bond motifs is 1. The molecule has 0 saturated heterocycles. The van der Waals surface area contributed by atoms with E-state index in [0.29, 0.717) is 6.04 Å². The largest absolute Gasteiger partial charge is 0.399 e. The average Bonchev–Trinajstić information content (AvgIpc) is 2.44. The summed E-state index contributed by atoms with van der Waals surface area (Å²) in [5, 5.41) is 5.48. The van der Waals surface area contributed by atoms with Crippen molar-refractivity contribution >= 4 is 32.5 Å². The van der Waals surface area contributed by atoms with Gasteiger partial charge in [0, 0.05) is 17.1 Å². The second kappa shape index (κ2) is 3.28. The van der Waals surface area contributed by atoms with Gasteiger partial charge in [-0.1, -0.05) is 0 Å². The van der Waals surface area contributed by atoms with Gasteiger partial charge in [-0.2, -0.15) is 5.10 Å². The Morgan fingerprint density at radius 1 is 1.43 bits per heavy atom. The molecule has 0 aliphatic carbocycles. The minimum absolute atomic E-state index is 0.354. The van der Waals surface area contributed by atoms with E-state index < -0.39 is 0 Å². The zero-order valence-corrected chi connectivity index (χ0v) is 9.75. The third-order valence-electron chi connectivity index (χ3n) is 2.17. The number of nitrogens with two attached hydrogens (primary N) is 1. The summed E-state index contributed by atoms with van der Waals surface area (Å²) in [6, 6.07) is 6.19. The molecule has 0 saturated carbocycles. The van der Waals surface area contributed by atoms with Crippen LogP contribution in [0.1, 0.15) is 19.9 Å². The van der Waals surface area contributed by atoms with Crippen LogP contribution in [0, 0.1) is 0 Å². The Bertz CT molecular complexity index is 473. The van der Waals surface area contributed by atoms with Crippen molar-refractivity contribution in [3.8, 4) is 0 Å². The predicted molar refractivity (Wildman–Crippen MR) is 62.2 cm³/mol. The third-order valence-corrected chi connectivity index (χ3v) is 2.76. The molecule has 0 radical (unpaired) electrons. The van der Waals surface area contributed by atoms with Gasteiger partial charge in [-0.15, -0.1) is 0 Å². The van der Waals surface area contributed by atoms with Gasteiger partial charge in [0.2, 0.25) is 0 Å². The van der Waals surface area contributed by atoms with Gasteiger partial charge in [0.15, 0.2) is 0 Å². The van der Waals surface area contributed by atoms with Gasteiger partial charge in [0.05, 0.1) is 5.52 Å². The van der Waals surface area contributed by atoms with Gasteiger partial charge < -0.3 is 5.73 Å². The number of aromatic nitrogens is 2. The smallest absolute Gasteiger partial charge is 0.136 e. The lowest BCUT2D eigenvalue weighted by Gasteiger charge is -2.06. The average molecular weight is 254 g/mol. The van der Waals surface area contributed by atoms with Crippen molar-refractivity contribution in [1.82, 2.24) is 9.78 Å². The molecule has 1 aromatic heterocycles. The molecule has 3 nitrogen and oxygen atoms in total. The Morgan fingerprint density at radius 3 is 2.79 bits per heavy atom. The molecule has 0 fully saturated rings. The lowest BCUT2D eigenvalue weighted by Crippen LogP contribution is -2.01. The molecule has 0 spiro atoms. The lowest BCUT2D eigenvalue weighted by atomic mass is 10.2. The fourth-order valence-electron chi connectivity index (χ4n) is 1.51. The van der Waals surface area contributed by atoms with Gasteiger partial charge >= 0.3 is 0 Å². The molecule has 2 rings (SSSR count). The van der Waals surface area contributed by atoms with E-state index in [9.17, 15) is 0 Å². The van der Waals surface area contributed by atoms with Crippen molar-refractivity contribution in [3.05, 3.63) is 22.8 Å². The second-order valence-corrected chi connectivity index (χ2v) is 4.36. The van der Waals surface area contributed by atoms with E-state index in [0.717, 1.165) is 21.2 Å². The minimum atomic E-state index is 0.354. The minimum Gasteiger partial charge on any atom is -0.399 e. The van der Waals surface area contributed by atoms with Crippen LogP contribution in [-0.4, -0.2) is 9.78 Å². The van der Waals surface area contributed by atoms with Crippen molar-refractivity contribution in [1.29, 1.82) is 0 Å². The van der Waals surface area contributed by atoms with Gasteiger partial charge in [-0.3, -0.25) is 4.68 Å². The van der Waals surface area contributed by atoms with Gasteiger partial charge in [0.25, 0.3) is 0 Å². The molecule has 0 unspecified atom stereocenters. The third kappa shape index (κ3) is 1.39. The summed E-state index contributed by atoms with van der Waals surface area (Å²) in [6.45, 7) is 4.21. The van der Waals surface area contributed by atoms with Gasteiger partial charge in [0.1, 0.15) is 4.60 Å². The van der Waals surface area contributed by atoms with Gasteiger partial charge in [-0.25, -0.2) is 0 Å². The Hall–Kier alpha value is -1.03. The van der Waals surface area contributed by atoms with Crippen molar-refractivity contribution in [3.63, 3.8) is 0 Å². The SMILES string of the molecule is CC(C)n1nc(Br)c2cc(N)ccc21. The molecule has 2 aromatic rings. The van der Waals surface area contributed by atoms with Crippen LogP contribution in [0.3, 0.4) is 0 Å². The fraction of sp³-hybridized carbons (Fsp3) is 0.300. The quantitative estimate of drug-likeness (QED) is 0.795. The number of hydrogen-bond acceptors (Lipinski definition) is 2. The summed E-state index contributed by atoms with van der Waals surface area (Å²) in [7, 11) is 0. The first-order chi connectivity index (χ1) is 6.59. The van der Waals surface area contributed by atoms with E-state index >= 15 is 0 Å². The summed E-state index contributed by atoms with van der Waals surface area (Å²) in [5.74, 6) is 0. The predicted octanol–water partition coefficient (Wildman–Crippen LogP) is 2.96. The number of halogens is 1. The van der Waals surface area contributed by atoms with Crippen LogP contribution >= 0.6 is 15.9 Å². The first-order valence-corrected chi connectivity index (χ1v) is 5.32. The summed E-state index contributed by atoms with van der Waals surface area (Å²) >= 11 is 3.43. The maximum absolute atomic E-state index is 5.72. The Labute approximate surface area is 91.0 Å². The highest BCUT2D eigenvalue weighted by Crippen LogP contribution is 2.27. The number of benzene rings is 1. The summed E-state index contributed by atoms with van der Waals surface area (Å²) in [5.41, 5.74) is 7.60. The molecule has 4 heteroatoms. The van der Waals surface area contributed by atoms with Crippen molar-refractivity contribution in [2.75, 3.05) is 5.73 Å². The highest BCUT2D eigenvalue weighted by atomic mass is 79.9. The van der Waals surface area contributed by atoms with Crippen molar-refractivity contribution in [2.45, 2.75) is 19.9 Å². The second-order valence-electron chi connectivity index (χ2n) is 3.61.